The van der Waals surface area contributed by atoms with Crippen LogP contribution in [0.1, 0.15) is 214 Å². The van der Waals surface area contributed by atoms with Gasteiger partial charge in [0.05, 0.1) is 57.3 Å². The van der Waals surface area contributed by atoms with Gasteiger partial charge in [-0.3, -0.25) is 14.4 Å². The van der Waals surface area contributed by atoms with Crippen LogP contribution in [0, 0.1) is 0 Å². The van der Waals surface area contributed by atoms with E-state index >= 15 is 0 Å². The Morgan fingerprint density at radius 1 is 0.542 bits per heavy atom. The van der Waals surface area contributed by atoms with Gasteiger partial charge in [0.1, 0.15) is 91.5 Å². The Morgan fingerprint density at radius 2 is 1.01 bits per heavy atom. The molecule has 23 atom stereocenters. The van der Waals surface area contributed by atoms with Crippen molar-refractivity contribution in [3.8, 4) is 0 Å². The van der Waals surface area contributed by atoms with Gasteiger partial charge in [0.25, 0.3) is 5.79 Å². The van der Waals surface area contributed by atoms with E-state index in [0.717, 1.165) is 65.2 Å². The van der Waals surface area contributed by atoms with Crippen LogP contribution in [-0.4, -0.2) is 269 Å². The lowest BCUT2D eigenvalue weighted by Gasteiger charge is -2.52. The highest BCUT2D eigenvalue weighted by molar-refractivity contribution is 5.77. The fourth-order valence-corrected chi connectivity index (χ4v) is 12.8. The van der Waals surface area contributed by atoms with Crippen molar-refractivity contribution >= 4 is 23.7 Å². The number of aliphatic carboxylic acids is 1. The Kier molecular flexibility index (Phi) is 41.1. The number of carboxylic acid groups (broad SMARTS) is 1. The van der Waals surface area contributed by atoms with Crippen LogP contribution < -0.4 is 16.0 Å². The number of amides is 3. The second kappa shape index (κ2) is 46.3. The van der Waals surface area contributed by atoms with Gasteiger partial charge < -0.3 is 125 Å². The van der Waals surface area contributed by atoms with Gasteiger partial charge in [-0.1, -0.05) is 180 Å². The van der Waals surface area contributed by atoms with E-state index < -0.39 is 198 Å². The van der Waals surface area contributed by atoms with Gasteiger partial charge in [0.2, 0.25) is 17.7 Å². The van der Waals surface area contributed by atoms with Gasteiger partial charge in [0, 0.05) is 26.7 Å². The minimum Gasteiger partial charge on any atom is -0.477 e. The maximum atomic E-state index is 13.6. The first kappa shape index (κ1) is 85.2. The Morgan fingerprint density at radius 3 is 1.51 bits per heavy atom. The standard InChI is InChI=1S/C67H121N3O26/c1-5-7-9-11-13-15-17-19-20-22-24-26-28-30-32-34-50(80)70-43(44(77)33-31-29-27-25-23-21-18-16-14-12-10-8-6-2)40-89-64-57(85)56(84)59(48(38-73)91-64)93-65-58(86)62(60(49(39-74)92-65)94-63-52(69-42(4)76)55(83)54(82)47(37-72)90-63)96-67(66(87)88)35-45(78)51(68-41(3)75)61(95-67)53(81)46(79)36-71/h31,33,43-49,51-65,71-74,77-79,81-86H,5-30,32,34-40H2,1-4H3,(H,68,75)(H,69,76)(H,70,80)(H,87,88)/b33-31+. The van der Waals surface area contributed by atoms with Crippen LogP contribution in [0.25, 0.3) is 0 Å². The summed E-state index contributed by atoms with van der Waals surface area (Å²) in [5.74, 6) is -7.36. The van der Waals surface area contributed by atoms with E-state index in [2.05, 4.69) is 29.8 Å². The number of rotatable bonds is 49. The molecule has 0 bridgehead atoms. The Hall–Kier alpha value is -3.22. The molecule has 4 aliphatic rings. The third-order valence-corrected chi connectivity index (χ3v) is 18.5. The molecule has 4 saturated heterocycles. The van der Waals surface area contributed by atoms with E-state index in [-0.39, 0.29) is 12.3 Å². The summed E-state index contributed by atoms with van der Waals surface area (Å²) in [5.41, 5.74) is 0. The predicted octanol–water partition coefficient (Wildman–Crippen LogP) is 1.13. The van der Waals surface area contributed by atoms with Crippen LogP contribution in [-0.2, 0) is 57.1 Å². The lowest BCUT2D eigenvalue weighted by atomic mass is 9.88. The topological polar surface area (TPSA) is 461 Å². The summed E-state index contributed by atoms with van der Waals surface area (Å²) >= 11 is 0. The van der Waals surface area contributed by atoms with E-state index in [1.807, 2.05) is 6.08 Å². The minimum absolute atomic E-state index is 0.162. The summed E-state index contributed by atoms with van der Waals surface area (Å²) in [6.07, 6.45) is -4.64. The number of carbonyl (C=O) groups excluding carboxylic acids is 3. The smallest absolute Gasteiger partial charge is 0.364 e. The Labute approximate surface area is 565 Å². The van der Waals surface area contributed by atoms with Crippen LogP contribution in [0.5, 0.6) is 0 Å². The fraction of sp³-hybridized carbons (Fsp3) is 0.910. The molecule has 0 aliphatic carbocycles. The number of carbonyl (C=O) groups is 4. The van der Waals surface area contributed by atoms with Crippen molar-refractivity contribution in [1.82, 2.24) is 16.0 Å². The number of allylic oxidation sites excluding steroid dienone is 1. The first-order valence-electron chi connectivity index (χ1n) is 35.6. The molecule has 0 spiro atoms. The second-order valence-corrected chi connectivity index (χ2v) is 26.5. The molecule has 17 N–H and O–H groups in total. The van der Waals surface area contributed by atoms with Crippen molar-refractivity contribution in [3.63, 3.8) is 0 Å². The molecule has 96 heavy (non-hydrogen) atoms. The maximum Gasteiger partial charge on any atom is 0.364 e. The molecule has 4 rings (SSSR count). The van der Waals surface area contributed by atoms with Crippen molar-refractivity contribution in [2.75, 3.05) is 33.0 Å². The van der Waals surface area contributed by atoms with Crippen molar-refractivity contribution in [3.05, 3.63) is 12.2 Å². The number of hydrogen-bond donors (Lipinski definition) is 17. The summed E-state index contributed by atoms with van der Waals surface area (Å²) in [6, 6.07) is -4.52. The van der Waals surface area contributed by atoms with Crippen LogP contribution in [0.4, 0.5) is 0 Å². The maximum absolute atomic E-state index is 13.6. The van der Waals surface area contributed by atoms with Gasteiger partial charge in [-0.15, -0.1) is 0 Å². The zero-order valence-corrected chi connectivity index (χ0v) is 57.1. The molecule has 23 unspecified atom stereocenters. The Bertz CT molecular complexity index is 2180. The largest absolute Gasteiger partial charge is 0.477 e. The minimum atomic E-state index is -3.28. The van der Waals surface area contributed by atoms with Crippen molar-refractivity contribution < 1.29 is 129 Å². The first-order chi connectivity index (χ1) is 46.0. The number of unbranched alkanes of at least 4 members (excludes halogenated alkanes) is 25. The molecule has 3 amide bonds. The lowest BCUT2D eigenvalue weighted by molar-refractivity contribution is -0.401. The summed E-state index contributed by atoms with van der Waals surface area (Å²) in [6.45, 7) is 1.73. The molecule has 0 radical (unpaired) electrons. The molecule has 0 aromatic rings. The van der Waals surface area contributed by atoms with E-state index in [1.54, 1.807) is 6.08 Å². The third-order valence-electron chi connectivity index (χ3n) is 18.5. The van der Waals surface area contributed by atoms with Crippen LogP contribution in [0.2, 0.25) is 0 Å². The Balaban J connectivity index is 1.54. The highest BCUT2D eigenvalue weighted by atomic mass is 16.8. The van der Waals surface area contributed by atoms with Crippen LogP contribution >= 0.6 is 0 Å². The van der Waals surface area contributed by atoms with Crippen molar-refractivity contribution in [1.29, 1.82) is 0 Å². The number of carboxylic acids is 1. The monoisotopic (exact) mass is 1380 g/mol. The van der Waals surface area contributed by atoms with Gasteiger partial charge in [0.15, 0.2) is 18.9 Å². The average molecular weight is 1380 g/mol. The summed E-state index contributed by atoms with van der Waals surface area (Å²) < 4.78 is 47.9. The molecule has 4 fully saturated rings. The van der Waals surface area contributed by atoms with Crippen LogP contribution in [0.3, 0.4) is 0 Å². The highest BCUT2D eigenvalue weighted by Crippen LogP contribution is 2.40. The van der Waals surface area contributed by atoms with Gasteiger partial charge in [-0.05, 0) is 19.3 Å². The number of hydrogen-bond acceptors (Lipinski definition) is 25. The summed E-state index contributed by atoms with van der Waals surface area (Å²) in [5, 5.41) is 163. The molecule has 4 heterocycles. The average Bonchev–Trinajstić information content (AvgIpc) is 0.761. The SMILES string of the molecule is CCCCCCCCCCCCC/C=C/C(O)C(COC1OC(CO)C(OC2OC(CO)C(OC3OC(CO)C(O)C(O)C3NC(C)=O)C(OC3(C(=O)O)CC(O)C(NC(C)=O)C(C(O)C(O)CO)O3)C2O)C(O)C1O)NC(=O)CCCCCCCCCCCCCCCCC. The molecule has 560 valence electrons. The van der Waals surface area contributed by atoms with E-state index in [9.17, 15) is 90.7 Å². The number of nitrogens with one attached hydrogen (secondary N) is 3. The summed E-state index contributed by atoms with van der Waals surface area (Å²) in [7, 11) is 0. The molecular formula is C67H121N3O26. The van der Waals surface area contributed by atoms with E-state index in [1.165, 1.54) is 109 Å². The van der Waals surface area contributed by atoms with Gasteiger partial charge >= 0.3 is 5.97 Å². The lowest BCUT2D eigenvalue weighted by Crippen LogP contribution is -2.72. The van der Waals surface area contributed by atoms with E-state index in [4.69, 9.17) is 37.9 Å². The third kappa shape index (κ3) is 27.6. The molecule has 0 aromatic heterocycles. The quantitative estimate of drug-likeness (QED) is 0.0300. The summed E-state index contributed by atoms with van der Waals surface area (Å²) in [4.78, 5) is 51.9. The zero-order chi connectivity index (χ0) is 70.7. The fourth-order valence-electron chi connectivity index (χ4n) is 12.8. The molecular weight excluding hydrogens is 1260 g/mol. The van der Waals surface area contributed by atoms with Crippen molar-refractivity contribution in [2.45, 2.75) is 354 Å². The van der Waals surface area contributed by atoms with Gasteiger partial charge in [-0.25, -0.2) is 4.79 Å². The molecule has 0 saturated carbocycles. The molecule has 29 nitrogen and oxygen atoms in total. The highest BCUT2D eigenvalue weighted by Gasteiger charge is 2.61. The molecule has 0 aromatic carbocycles. The number of aliphatic hydroxyl groups excluding tert-OH is 13. The van der Waals surface area contributed by atoms with E-state index in [0.29, 0.717) is 12.8 Å². The number of ether oxygens (including phenoxy) is 8. The number of aliphatic hydroxyl groups is 13. The van der Waals surface area contributed by atoms with Crippen LogP contribution in [0.15, 0.2) is 12.2 Å². The van der Waals surface area contributed by atoms with Crippen molar-refractivity contribution in [2.24, 2.45) is 0 Å². The predicted molar refractivity (Wildman–Crippen MR) is 346 cm³/mol. The molecule has 29 heteroatoms. The normalized spacial score (nSPS) is 32.3. The van der Waals surface area contributed by atoms with Gasteiger partial charge in [-0.2, -0.15) is 0 Å². The first-order valence-corrected chi connectivity index (χ1v) is 35.6. The molecule has 4 aliphatic heterocycles. The second-order valence-electron chi connectivity index (χ2n) is 26.5. The zero-order valence-electron chi connectivity index (χ0n) is 57.1.